The first-order chi connectivity index (χ1) is 9.63. The monoisotopic (exact) mass is 350 g/mol. The van der Waals surface area contributed by atoms with E-state index >= 15 is 0 Å². The molecule has 0 saturated carbocycles. The average Bonchev–Trinajstić information content (AvgIpc) is 2.75. The van der Waals surface area contributed by atoms with Crippen molar-refractivity contribution < 1.29 is 4.39 Å². The summed E-state index contributed by atoms with van der Waals surface area (Å²) in [5.74, 6) is 0.609. The molecule has 0 atom stereocenters. The van der Waals surface area contributed by atoms with Crippen LogP contribution in [0.5, 0.6) is 0 Å². The van der Waals surface area contributed by atoms with E-state index in [0.717, 1.165) is 26.4 Å². The highest BCUT2D eigenvalue weighted by molar-refractivity contribution is 9.10. The van der Waals surface area contributed by atoms with Gasteiger partial charge in [0.05, 0.1) is 11.0 Å². The standard InChI is InChI=1S/C15H12BrFN2S/c1-19-14-8-12(17)6-7-13(14)18-15(19)20-9-10-2-4-11(16)5-3-10/h2-8H,9H2,1H3. The van der Waals surface area contributed by atoms with E-state index in [-0.39, 0.29) is 5.82 Å². The van der Waals surface area contributed by atoms with Gasteiger partial charge in [0, 0.05) is 17.3 Å². The van der Waals surface area contributed by atoms with Crippen LogP contribution in [0.15, 0.2) is 52.1 Å². The van der Waals surface area contributed by atoms with Crippen LogP contribution >= 0.6 is 27.7 Å². The number of nitrogens with zero attached hydrogens (tertiary/aromatic N) is 2. The number of rotatable bonds is 3. The Bertz CT molecular complexity index is 752. The Morgan fingerprint density at radius 3 is 2.70 bits per heavy atom. The van der Waals surface area contributed by atoms with Gasteiger partial charge in [-0.3, -0.25) is 0 Å². The smallest absolute Gasteiger partial charge is 0.169 e. The number of aryl methyl sites for hydroxylation is 1. The molecule has 0 amide bonds. The molecule has 0 aliphatic carbocycles. The van der Waals surface area contributed by atoms with Crippen LogP contribution in [0.2, 0.25) is 0 Å². The number of thioether (sulfide) groups is 1. The summed E-state index contributed by atoms with van der Waals surface area (Å²) >= 11 is 5.08. The zero-order chi connectivity index (χ0) is 14.1. The lowest BCUT2D eigenvalue weighted by atomic mass is 10.2. The molecule has 2 aromatic carbocycles. The van der Waals surface area contributed by atoms with Crippen molar-refractivity contribution in [3.8, 4) is 0 Å². The highest BCUT2D eigenvalue weighted by Gasteiger charge is 2.09. The first-order valence-electron chi connectivity index (χ1n) is 6.13. The Kier molecular flexibility index (Phi) is 3.81. The molecule has 0 fully saturated rings. The maximum absolute atomic E-state index is 13.3. The predicted molar refractivity (Wildman–Crippen MR) is 84.4 cm³/mol. The summed E-state index contributed by atoms with van der Waals surface area (Å²) in [5.41, 5.74) is 2.88. The summed E-state index contributed by atoms with van der Waals surface area (Å²) in [7, 11) is 1.92. The number of fused-ring (bicyclic) bond motifs is 1. The quantitative estimate of drug-likeness (QED) is 0.633. The van der Waals surface area contributed by atoms with Crippen molar-refractivity contribution in [2.45, 2.75) is 10.9 Å². The molecule has 1 heterocycles. The molecule has 3 aromatic rings. The Morgan fingerprint density at radius 2 is 1.95 bits per heavy atom. The van der Waals surface area contributed by atoms with Crippen LogP contribution in [0.4, 0.5) is 4.39 Å². The Balaban J connectivity index is 1.84. The van der Waals surface area contributed by atoms with E-state index in [1.807, 2.05) is 23.7 Å². The van der Waals surface area contributed by atoms with Crippen molar-refractivity contribution in [2.75, 3.05) is 0 Å². The summed E-state index contributed by atoms with van der Waals surface area (Å²) in [6.07, 6.45) is 0. The van der Waals surface area contributed by atoms with Crippen LogP contribution in [0, 0.1) is 5.82 Å². The molecule has 0 aliphatic rings. The van der Waals surface area contributed by atoms with Crippen LogP contribution < -0.4 is 0 Å². The second kappa shape index (κ2) is 5.58. The molecule has 5 heteroatoms. The van der Waals surface area contributed by atoms with Crippen molar-refractivity contribution in [2.24, 2.45) is 7.05 Å². The van der Waals surface area contributed by atoms with E-state index in [9.17, 15) is 4.39 Å². The minimum absolute atomic E-state index is 0.232. The predicted octanol–water partition coefficient (Wildman–Crippen LogP) is 4.77. The second-order valence-electron chi connectivity index (χ2n) is 4.50. The largest absolute Gasteiger partial charge is 0.322 e. The first-order valence-corrected chi connectivity index (χ1v) is 7.90. The fraction of sp³-hybridized carbons (Fsp3) is 0.133. The second-order valence-corrected chi connectivity index (χ2v) is 6.36. The Labute approximate surface area is 129 Å². The van der Waals surface area contributed by atoms with Crippen LogP contribution in [0.25, 0.3) is 11.0 Å². The van der Waals surface area contributed by atoms with Gasteiger partial charge in [-0.2, -0.15) is 0 Å². The first kappa shape index (κ1) is 13.6. The molecule has 0 bridgehead atoms. The molecule has 102 valence electrons. The number of benzene rings is 2. The molecule has 3 rings (SSSR count). The topological polar surface area (TPSA) is 17.8 Å². The zero-order valence-electron chi connectivity index (χ0n) is 10.8. The van der Waals surface area contributed by atoms with Crippen molar-refractivity contribution in [1.82, 2.24) is 9.55 Å². The van der Waals surface area contributed by atoms with Crippen molar-refractivity contribution >= 4 is 38.7 Å². The molecule has 0 N–H and O–H groups in total. The summed E-state index contributed by atoms with van der Waals surface area (Å²) in [6, 6.07) is 12.9. The molecule has 0 saturated heterocycles. The van der Waals surface area contributed by atoms with Gasteiger partial charge in [-0.25, -0.2) is 9.37 Å². The average molecular weight is 351 g/mol. The van der Waals surface area contributed by atoms with Gasteiger partial charge in [0.15, 0.2) is 5.16 Å². The molecular weight excluding hydrogens is 339 g/mol. The number of hydrogen-bond acceptors (Lipinski definition) is 2. The third-order valence-corrected chi connectivity index (χ3v) is 4.71. The minimum Gasteiger partial charge on any atom is -0.322 e. The van der Waals surface area contributed by atoms with Crippen LogP contribution in [0.1, 0.15) is 5.56 Å². The Hall–Kier alpha value is -1.33. The fourth-order valence-corrected chi connectivity index (χ4v) is 3.21. The molecule has 0 unspecified atom stereocenters. The lowest BCUT2D eigenvalue weighted by molar-refractivity contribution is 0.628. The van der Waals surface area contributed by atoms with E-state index in [4.69, 9.17) is 0 Å². The van der Waals surface area contributed by atoms with Gasteiger partial charge in [0.1, 0.15) is 5.82 Å². The highest BCUT2D eigenvalue weighted by atomic mass is 79.9. The van der Waals surface area contributed by atoms with E-state index in [1.165, 1.54) is 17.7 Å². The van der Waals surface area contributed by atoms with Crippen molar-refractivity contribution in [3.63, 3.8) is 0 Å². The van der Waals surface area contributed by atoms with Gasteiger partial charge in [-0.1, -0.05) is 39.8 Å². The van der Waals surface area contributed by atoms with E-state index in [1.54, 1.807) is 17.8 Å². The summed E-state index contributed by atoms with van der Waals surface area (Å²) < 4.78 is 16.3. The maximum Gasteiger partial charge on any atom is 0.169 e. The minimum atomic E-state index is -0.232. The lowest BCUT2D eigenvalue weighted by Gasteiger charge is -2.03. The van der Waals surface area contributed by atoms with Gasteiger partial charge >= 0.3 is 0 Å². The van der Waals surface area contributed by atoms with E-state index in [2.05, 4.69) is 33.0 Å². The Morgan fingerprint density at radius 1 is 1.20 bits per heavy atom. The SMILES string of the molecule is Cn1c(SCc2ccc(Br)cc2)nc2ccc(F)cc21. The highest BCUT2D eigenvalue weighted by Crippen LogP contribution is 2.26. The van der Waals surface area contributed by atoms with Gasteiger partial charge in [0.2, 0.25) is 0 Å². The van der Waals surface area contributed by atoms with Gasteiger partial charge in [-0.05, 0) is 35.9 Å². The van der Waals surface area contributed by atoms with Crippen LogP contribution in [0.3, 0.4) is 0 Å². The number of halogens is 2. The van der Waals surface area contributed by atoms with E-state index < -0.39 is 0 Å². The lowest BCUT2D eigenvalue weighted by Crippen LogP contribution is -1.91. The summed E-state index contributed by atoms with van der Waals surface area (Å²) in [6.45, 7) is 0. The van der Waals surface area contributed by atoms with Gasteiger partial charge < -0.3 is 4.57 Å². The van der Waals surface area contributed by atoms with E-state index in [0.29, 0.717) is 0 Å². The van der Waals surface area contributed by atoms with Gasteiger partial charge in [-0.15, -0.1) is 0 Å². The molecule has 0 aliphatic heterocycles. The van der Waals surface area contributed by atoms with Crippen molar-refractivity contribution in [3.05, 3.63) is 58.3 Å². The maximum atomic E-state index is 13.3. The number of aromatic nitrogens is 2. The third kappa shape index (κ3) is 2.74. The van der Waals surface area contributed by atoms with Crippen LogP contribution in [-0.2, 0) is 12.8 Å². The molecular formula is C15H12BrFN2S. The number of imidazole rings is 1. The molecule has 0 radical (unpaired) electrons. The fourth-order valence-electron chi connectivity index (χ4n) is 2.00. The molecule has 0 spiro atoms. The molecule has 1 aromatic heterocycles. The molecule has 2 nitrogen and oxygen atoms in total. The third-order valence-electron chi connectivity index (χ3n) is 3.08. The normalized spacial score (nSPS) is 11.2. The number of hydrogen-bond donors (Lipinski definition) is 0. The molecule has 20 heavy (non-hydrogen) atoms. The van der Waals surface area contributed by atoms with Crippen molar-refractivity contribution in [1.29, 1.82) is 0 Å². The van der Waals surface area contributed by atoms with Gasteiger partial charge in [0.25, 0.3) is 0 Å². The summed E-state index contributed by atoms with van der Waals surface area (Å²) in [4.78, 5) is 4.54. The zero-order valence-corrected chi connectivity index (χ0v) is 13.2. The van der Waals surface area contributed by atoms with Crippen LogP contribution in [-0.4, -0.2) is 9.55 Å². The summed E-state index contributed by atoms with van der Waals surface area (Å²) in [5, 5.41) is 0.897.